The van der Waals surface area contributed by atoms with Gasteiger partial charge in [0, 0.05) is 23.5 Å². The first-order valence-corrected chi connectivity index (χ1v) is 7.63. The van der Waals surface area contributed by atoms with Gasteiger partial charge in [0.1, 0.15) is 0 Å². The smallest absolute Gasteiger partial charge is 0.183 e. The van der Waals surface area contributed by atoms with Crippen LogP contribution < -0.4 is 0 Å². The van der Waals surface area contributed by atoms with Crippen LogP contribution >= 0.6 is 0 Å². The molecule has 4 heteroatoms. The Bertz CT molecular complexity index is 769. The fraction of sp³-hybridized carbons (Fsp3) is 0.0625. The van der Waals surface area contributed by atoms with Crippen LogP contribution in [0, 0.1) is 11.8 Å². The van der Waals surface area contributed by atoms with Crippen LogP contribution in [0.4, 0.5) is 0 Å². The number of sulfone groups is 1. The van der Waals surface area contributed by atoms with Crippen LogP contribution in [-0.4, -0.2) is 19.2 Å². The second-order valence-corrected chi connectivity index (χ2v) is 6.06. The number of hydrogen-bond donors (Lipinski definition) is 0. The summed E-state index contributed by atoms with van der Waals surface area (Å²) in [6.07, 6.45) is 4.67. The number of pyridine rings is 1. The Morgan fingerprint density at radius 1 is 1.15 bits per heavy atom. The van der Waals surface area contributed by atoms with Crippen molar-refractivity contribution in [3.05, 3.63) is 72.6 Å². The SMILES string of the molecule is C=CCS(=O)(=O)c1ccccc1C#Cc1cccnc1. The minimum absolute atomic E-state index is 0.0986. The Kier molecular flexibility index (Phi) is 4.34. The largest absolute Gasteiger partial charge is 0.263 e. The Labute approximate surface area is 118 Å². The third kappa shape index (κ3) is 3.34. The van der Waals surface area contributed by atoms with E-state index in [0.29, 0.717) is 5.56 Å². The summed E-state index contributed by atoms with van der Waals surface area (Å²) in [6, 6.07) is 10.3. The van der Waals surface area contributed by atoms with E-state index >= 15 is 0 Å². The Balaban J connectivity index is 2.45. The minimum atomic E-state index is -3.38. The third-order valence-electron chi connectivity index (χ3n) is 2.56. The summed E-state index contributed by atoms with van der Waals surface area (Å²) in [5.41, 5.74) is 1.22. The van der Waals surface area contributed by atoms with Crippen molar-refractivity contribution in [1.82, 2.24) is 4.98 Å². The molecule has 0 aliphatic heterocycles. The molecular weight excluding hydrogens is 270 g/mol. The molecule has 0 radical (unpaired) electrons. The van der Waals surface area contributed by atoms with Crippen molar-refractivity contribution in [2.45, 2.75) is 4.90 Å². The molecular formula is C16H13NO2S. The van der Waals surface area contributed by atoms with Gasteiger partial charge in [0.25, 0.3) is 0 Å². The van der Waals surface area contributed by atoms with Crippen molar-refractivity contribution in [1.29, 1.82) is 0 Å². The molecule has 0 spiro atoms. The topological polar surface area (TPSA) is 47.0 Å². The van der Waals surface area contributed by atoms with Crippen molar-refractivity contribution in [2.24, 2.45) is 0 Å². The summed E-state index contributed by atoms with van der Waals surface area (Å²) in [5, 5.41) is 0. The van der Waals surface area contributed by atoms with Crippen LogP contribution in [0.1, 0.15) is 11.1 Å². The summed E-state index contributed by atoms with van der Waals surface area (Å²) in [6.45, 7) is 3.47. The maximum Gasteiger partial charge on any atom is 0.183 e. The summed E-state index contributed by atoms with van der Waals surface area (Å²) in [7, 11) is -3.38. The van der Waals surface area contributed by atoms with E-state index in [1.807, 2.05) is 6.07 Å². The number of benzene rings is 1. The molecule has 0 unspecified atom stereocenters. The fourth-order valence-corrected chi connectivity index (χ4v) is 2.89. The average molecular weight is 283 g/mol. The van der Waals surface area contributed by atoms with Crippen LogP contribution in [0.25, 0.3) is 0 Å². The first-order chi connectivity index (χ1) is 9.63. The lowest BCUT2D eigenvalue weighted by Crippen LogP contribution is -2.06. The molecule has 1 aromatic carbocycles. The summed E-state index contributed by atoms with van der Waals surface area (Å²) >= 11 is 0. The van der Waals surface area contributed by atoms with Gasteiger partial charge < -0.3 is 0 Å². The van der Waals surface area contributed by atoms with Crippen LogP contribution in [0.3, 0.4) is 0 Å². The molecule has 100 valence electrons. The lowest BCUT2D eigenvalue weighted by atomic mass is 10.2. The van der Waals surface area contributed by atoms with Crippen LogP contribution in [-0.2, 0) is 9.84 Å². The van der Waals surface area contributed by atoms with Crippen LogP contribution in [0.5, 0.6) is 0 Å². The molecule has 0 bridgehead atoms. The predicted molar refractivity (Wildman–Crippen MR) is 78.9 cm³/mol. The first kappa shape index (κ1) is 14.0. The molecule has 0 saturated carbocycles. The van der Waals surface area contributed by atoms with Crippen molar-refractivity contribution >= 4 is 9.84 Å². The molecule has 20 heavy (non-hydrogen) atoms. The van der Waals surface area contributed by atoms with Gasteiger partial charge in [-0.05, 0) is 24.3 Å². The van der Waals surface area contributed by atoms with E-state index in [-0.39, 0.29) is 10.6 Å². The van der Waals surface area contributed by atoms with Gasteiger partial charge in [0.05, 0.1) is 10.6 Å². The van der Waals surface area contributed by atoms with Crippen LogP contribution in [0.15, 0.2) is 66.3 Å². The highest BCUT2D eigenvalue weighted by Crippen LogP contribution is 2.16. The van der Waals surface area contributed by atoms with E-state index in [0.717, 1.165) is 5.56 Å². The average Bonchev–Trinajstić information content (AvgIpc) is 2.46. The quantitative estimate of drug-likeness (QED) is 0.642. The zero-order valence-corrected chi connectivity index (χ0v) is 11.6. The highest BCUT2D eigenvalue weighted by molar-refractivity contribution is 7.91. The molecule has 0 amide bonds. The fourth-order valence-electron chi connectivity index (χ4n) is 1.66. The van der Waals surface area contributed by atoms with Crippen molar-refractivity contribution < 1.29 is 8.42 Å². The second kappa shape index (κ2) is 6.18. The lowest BCUT2D eigenvalue weighted by molar-refractivity contribution is 0.599. The third-order valence-corrected chi connectivity index (χ3v) is 4.26. The van der Waals surface area contributed by atoms with E-state index in [1.165, 1.54) is 6.08 Å². The van der Waals surface area contributed by atoms with Gasteiger partial charge in [0.15, 0.2) is 9.84 Å². The maximum absolute atomic E-state index is 12.1. The maximum atomic E-state index is 12.1. The molecule has 0 aliphatic rings. The molecule has 3 nitrogen and oxygen atoms in total. The van der Waals surface area contributed by atoms with E-state index in [2.05, 4.69) is 23.4 Å². The highest BCUT2D eigenvalue weighted by Gasteiger charge is 2.15. The minimum Gasteiger partial charge on any atom is -0.263 e. The number of nitrogens with zero attached hydrogens (tertiary/aromatic N) is 1. The van der Waals surface area contributed by atoms with Gasteiger partial charge in [-0.25, -0.2) is 8.42 Å². The van der Waals surface area contributed by atoms with E-state index in [4.69, 9.17) is 0 Å². The van der Waals surface area contributed by atoms with E-state index < -0.39 is 9.84 Å². The molecule has 1 aromatic heterocycles. The molecule has 1 heterocycles. The normalized spacial score (nSPS) is 10.4. The summed E-state index contributed by atoms with van der Waals surface area (Å²) < 4.78 is 24.2. The van der Waals surface area contributed by atoms with E-state index in [1.54, 1.807) is 42.7 Å². The standard InChI is InChI=1S/C16H13NO2S/c1-2-12-20(18,19)16-8-4-3-7-15(16)10-9-14-6-5-11-17-13-14/h2-8,11,13H,1,12H2. The summed E-state index contributed by atoms with van der Waals surface area (Å²) in [4.78, 5) is 4.20. The molecule has 0 aliphatic carbocycles. The molecule has 2 rings (SSSR count). The predicted octanol–water partition coefficient (Wildman–Crippen LogP) is 2.44. The molecule has 0 fully saturated rings. The van der Waals surface area contributed by atoms with Gasteiger partial charge in [-0.3, -0.25) is 4.98 Å². The van der Waals surface area contributed by atoms with Crippen LogP contribution in [0.2, 0.25) is 0 Å². The van der Waals surface area contributed by atoms with Gasteiger partial charge >= 0.3 is 0 Å². The van der Waals surface area contributed by atoms with Gasteiger partial charge in [-0.1, -0.05) is 30.0 Å². The number of hydrogen-bond acceptors (Lipinski definition) is 3. The Morgan fingerprint density at radius 2 is 1.95 bits per heavy atom. The first-order valence-electron chi connectivity index (χ1n) is 5.98. The van der Waals surface area contributed by atoms with Crippen molar-refractivity contribution in [3.63, 3.8) is 0 Å². The van der Waals surface area contributed by atoms with Gasteiger partial charge in [-0.15, -0.1) is 6.58 Å². The zero-order chi connectivity index (χ0) is 14.4. The zero-order valence-electron chi connectivity index (χ0n) is 10.8. The molecule has 0 N–H and O–H groups in total. The second-order valence-electron chi connectivity index (χ2n) is 4.06. The van der Waals surface area contributed by atoms with Gasteiger partial charge in [-0.2, -0.15) is 0 Å². The Hall–Kier alpha value is -2.38. The van der Waals surface area contributed by atoms with Crippen molar-refractivity contribution in [3.8, 4) is 11.8 Å². The monoisotopic (exact) mass is 283 g/mol. The van der Waals surface area contributed by atoms with Crippen molar-refractivity contribution in [2.75, 3.05) is 5.75 Å². The number of rotatable bonds is 3. The number of aromatic nitrogens is 1. The molecule has 0 saturated heterocycles. The van der Waals surface area contributed by atoms with Gasteiger partial charge in [0.2, 0.25) is 0 Å². The summed E-state index contributed by atoms with van der Waals surface area (Å²) in [5.74, 6) is 5.70. The molecule has 2 aromatic rings. The highest BCUT2D eigenvalue weighted by atomic mass is 32.2. The molecule has 0 atom stereocenters. The Morgan fingerprint density at radius 3 is 2.65 bits per heavy atom. The lowest BCUT2D eigenvalue weighted by Gasteiger charge is -2.03. The van der Waals surface area contributed by atoms with E-state index in [9.17, 15) is 8.42 Å².